The molecule has 41 heavy (non-hydrogen) atoms. The molecule has 0 atom stereocenters. The highest BCUT2D eigenvalue weighted by Crippen LogP contribution is 2.37. The molecule has 0 saturated heterocycles. The van der Waals surface area contributed by atoms with Crippen LogP contribution < -0.4 is 10.6 Å². The summed E-state index contributed by atoms with van der Waals surface area (Å²) in [4.78, 5) is 41.6. The van der Waals surface area contributed by atoms with Gasteiger partial charge in [-0.05, 0) is 61.7 Å². The second kappa shape index (κ2) is 13.4. The van der Waals surface area contributed by atoms with Crippen LogP contribution in [0.5, 0.6) is 0 Å². The summed E-state index contributed by atoms with van der Waals surface area (Å²) < 4.78 is 32.3. The smallest absolute Gasteiger partial charge is 0.414 e. The first-order chi connectivity index (χ1) is 19.6. The number of imide groups is 1. The van der Waals surface area contributed by atoms with Crippen LogP contribution in [-0.2, 0) is 34.3 Å². The Bertz CT molecular complexity index is 1500. The number of carbonyl (C=O) groups is 3. The van der Waals surface area contributed by atoms with Crippen LogP contribution in [0.15, 0.2) is 59.5 Å². The molecule has 3 amide bonds. The number of anilines is 1. The molecule has 3 aromatic rings. The summed E-state index contributed by atoms with van der Waals surface area (Å²) in [6, 6.07) is 14.9. The number of benzene rings is 2. The van der Waals surface area contributed by atoms with Gasteiger partial charge in [-0.25, -0.2) is 13.2 Å². The number of hydrogen-bond donors (Lipinski definition) is 2. The third kappa shape index (κ3) is 7.20. The standard InChI is InChI=1S/C29H34N4O6S2/c1-4-16-33-17-15-23-24(19-33)40-28(25(23)27(35)31-29(36)39-5-2)30-26(34)21-11-13-22(14-12-21)41(37,38)32(3)18-20-9-7-6-8-10-20/h6-14H,4-5,15-19H2,1-3H3,(H,30,34)(H,31,35,36). The van der Waals surface area contributed by atoms with E-state index in [1.807, 2.05) is 30.3 Å². The zero-order chi connectivity index (χ0) is 29.6. The molecular weight excluding hydrogens is 564 g/mol. The Morgan fingerprint density at radius 2 is 1.73 bits per heavy atom. The Labute approximate surface area is 244 Å². The van der Waals surface area contributed by atoms with Crippen molar-refractivity contribution < 1.29 is 27.5 Å². The summed E-state index contributed by atoms with van der Waals surface area (Å²) in [5, 5.41) is 5.40. The van der Waals surface area contributed by atoms with Gasteiger partial charge in [-0.1, -0.05) is 37.3 Å². The molecule has 0 radical (unpaired) electrons. The van der Waals surface area contributed by atoms with Crippen molar-refractivity contribution in [2.75, 3.05) is 32.1 Å². The molecule has 0 saturated carbocycles. The molecule has 2 N–H and O–H groups in total. The summed E-state index contributed by atoms with van der Waals surface area (Å²) in [6.45, 7) is 6.39. The summed E-state index contributed by atoms with van der Waals surface area (Å²) in [5.41, 5.74) is 2.14. The molecule has 2 aromatic carbocycles. The van der Waals surface area contributed by atoms with Crippen molar-refractivity contribution in [3.05, 3.63) is 81.7 Å². The Hall–Kier alpha value is -3.58. The Kier molecular flexibility index (Phi) is 9.92. The number of rotatable bonds is 10. The Morgan fingerprint density at radius 1 is 1.02 bits per heavy atom. The first-order valence-electron chi connectivity index (χ1n) is 13.4. The van der Waals surface area contributed by atoms with Crippen molar-refractivity contribution in [2.24, 2.45) is 0 Å². The molecule has 0 unspecified atom stereocenters. The van der Waals surface area contributed by atoms with E-state index in [-0.39, 0.29) is 29.2 Å². The van der Waals surface area contributed by atoms with E-state index in [0.29, 0.717) is 18.0 Å². The van der Waals surface area contributed by atoms with Crippen LogP contribution in [0.25, 0.3) is 0 Å². The first-order valence-corrected chi connectivity index (χ1v) is 15.7. The topological polar surface area (TPSA) is 125 Å². The number of thiophene rings is 1. The quantitative estimate of drug-likeness (QED) is 0.353. The summed E-state index contributed by atoms with van der Waals surface area (Å²) in [7, 11) is -2.28. The van der Waals surface area contributed by atoms with Gasteiger partial charge in [0, 0.05) is 37.1 Å². The number of ether oxygens (including phenoxy) is 1. The second-order valence-corrected chi connectivity index (χ2v) is 12.8. The molecule has 10 nitrogen and oxygen atoms in total. The maximum atomic E-state index is 13.2. The Morgan fingerprint density at radius 3 is 2.39 bits per heavy atom. The summed E-state index contributed by atoms with van der Waals surface area (Å²) in [5.74, 6) is -1.14. The van der Waals surface area contributed by atoms with Gasteiger partial charge >= 0.3 is 6.09 Å². The third-order valence-corrected chi connectivity index (χ3v) is 9.64. The van der Waals surface area contributed by atoms with Gasteiger partial charge in [0.25, 0.3) is 11.8 Å². The van der Waals surface area contributed by atoms with E-state index in [1.54, 1.807) is 6.92 Å². The minimum Gasteiger partial charge on any atom is -0.450 e. The fourth-order valence-electron chi connectivity index (χ4n) is 4.67. The molecule has 1 aromatic heterocycles. The molecule has 12 heteroatoms. The van der Waals surface area contributed by atoms with Gasteiger partial charge in [0.15, 0.2) is 0 Å². The molecular formula is C29H34N4O6S2. The first kappa shape index (κ1) is 30.4. The van der Waals surface area contributed by atoms with Crippen LogP contribution in [-0.4, -0.2) is 62.3 Å². The van der Waals surface area contributed by atoms with Crippen molar-refractivity contribution in [3.63, 3.8) is 0 Å². The molecule has 2 heterocycles. The van der Waals surface area contributed by atoms with Crippen molar-refractivity contribution in [1.82, 2.24) is 14.5 Å². The lowest BCUT2D eigenvalue weighted by Crippen LogP contribution is -2.34. The van der Waals surface area contributed by atoms with Gasteiger partial charge in [0.2, 0.25) is 10.0 Å². The van der Waals surface area contributed by atoms with E-state index in [1.165, 1.54) is 47.0 Å². The van der Waals surface area contributed by atoms with Crippen LogP contribution >= 0.6 is 11.3 Å². The highest BCUT2D eigenvalue weighted by atomic mass is 32.2. The fourth-order valence-corrected chi connectivity index (χ4v) is 7.11. The Balaban J connectivity index is 1.54. The van der Waals surface area contributed by atoms with Crippen molar-refractivity contribution in [3.8, 4) is 0 Å². The van der Waals surface area contributed by atoms with E-state index in [4.69, 9.17) is 4.74 Å². The zero-order valence-corrected chi connectivity index (χ0v) is 24.9. The zero-order valence-electron chi connectivity index (χ0n) is 23.3. The maximum Gasteiger partial charge on any atom is 0.414 e. The number of alkyl carbamates (subject to hydrolysis) is 1. The van der Waals surface area contributed by atoms with E-state index in [0.717, 1.165) is 35.5 Å². The molecule has 0 bridgehead atoms. The lowest BCUT2D eigenvalue weighted by Gasteiger charge is -2.26. The number of sulfonamides is 1. The molecule has 0 spiro atoms. The largest absolute Gasteiger partial charge is 0.450 e. The molecule has 4 rings (SSSR count). The molecule has 218 valence electrons. The third-order valence-electron chi connectivity index (χ3n) is 6.69. The lowest BCUT2D eigenvalue weighted by atomic mass is 10.0. The normalized spacial score (nSPS) is 13.5. The monoisotopic (exact) mass is 598 g/mol. The van der Waals surface area contributed by atoms with Gasteiger partial charge in [-0.15, -0.1) is 11.3 Å². The lowest BCUT2D eigenvalue weighted by molar-refractivity contribution is 0.0924. The predicted molar refractivity (Wildman–Crippen MR) is 158 cm³/mol. The van der Waals surface area contributed by atoms with E-state index < -0.39 is 27.9 Å². The number of fused-ring (bicyclic) bond motifs is 1. The van der Waals surface area contributed by atoms with Crippen LogP contribution in [0.2, 0.25) is 0 Å². The van der Waals surface area contributed by atoms with Crippen LogP contribution in [0.4, 0.5) is 9.80 Å². The number of nitrogens with zero attached hydrogens (tertiary/aromatic N) is 2. The average molecular weight is 599 g/mol. The van der Waals surface area contributed by atoms with Crippen molar-refractivity contribution >= 4 is 44.3 Å². The van der Waals surface area contributed by atoms with Gasteiger partial charge in [0.1, 0.15) is 5.00 Å². The predicted octanol–water partition coefficient (Wildman–Crippen LogP) is 4.48. The van der Waals surface area contributed by atoms with Crippen molar-refractivity contribution in [2.45, 2.75) is 44.7 Å². The van der Waals surface area contributed by atoms with Crippen LogP contribution in [0.1, 0.15) is 57.0 Å². The van der Waals surface area contributed by atoms with Crippen LogP contribution in [0.3, 0.4) is 0 Å². The molecule has 0 fully saturated rings. The molecule has 1 aliphatic rings. The van der Waals surface area contributed by atoms with Gasteiger partial charge in [-0.3, -0.25) is 19.8 Å². The van der Waals surface area contributed by atoms with E-state index in [2.05, 4.69) is 22.5 Å². The highest BCUT2D eigenvalue weighted by molar-refractivity contribution is 7.89. The van der Waals surface area contributed by atoms with Gasteiger partial charge in [0.05, 0.1) is 17.1 Å². The SMILES string of the molecule is CCCN1CCc2c(sc(NC(=O)c3ccc(S(=O)(=O)N(C)Cc4ccccc4)cc3)c2C(=O)NC(=O)OCC)C1. The fraction of sp³-hybridized carbons (Fsp3) is 0.345. The molecule has 1 aliphatic heterocycles. The number of carbonyl (C=O) groups excluding carboxylic acids is 3. The molecule has 0 aliphatic carbocycles. The minimum atomic E-state index is -3.78. The highest BCUT2D eigenvalue weighted by Gasteiger charge is 2.30. The van der Waals surface area contributed by atoms with Crippen molar-refractivity contribution in [1.29, 1.82) is 0 Å². The second-order valence-electron chi connectivity index (χ2n) is 9.63. The summed E-state index contributed by atoms with van der Waals surface area (Å²) in [6.07, 6.45) is 0.747. The maximum absolute atomic E-state index is 13.2. The van der Waals surface area contributed by atoms with Gasteiger partial charge < -0.3 is 10.1 Å². The number of nitrogens with one attached hydrogen (secondary N) is 2. The summed E-state index contributed by atoms with van der Waals surface area (Å²) >= 11 is 1.31. The van der Waals surface area contributed by atoms with E-state index in [9.17, 15) is 22.8 Å². The van der Waals surface area contributed by atoms with E-state index >= 15 is 0 Å². The minimum absolute atomic E-state index is 0.0598. The number of amides is 3. The van der Waals surface area contributed by atoms with Gasteiger partial charge in [-0.2, -0.15) is 4.31 Å². The van der Waals surface area contributed by atoms with Crippen LogP contribution in [0, 0.1) is 0 Å². The number of hydrogen-bond acceptors (Lipinski definition) is 8. The average Bonchev–Trinajstić information content (AvgIpc) is 3.31.